The monoisotopic (exact) mass is 165 g/mol. The third-order valence-electron chi connectivity index (χ3n) is 1.34. The van der Waals surface area contributed by atoms with E-state index in [1.54, 1.807) is 31.5 Å². The average molecular weight is 165 g/mol. The molecule has 0 fully saturated rings. The van der Waals surface area contributed by atoms with Gasteiger partial charge in [-0.25, -0.2) is 0 Å². The Morgan fingerprint density at radius 2 is 2.50 bits per heavy atom. The molecule has 1 aromatic heterocycles. The molecule has 0 aliphatic heterocycles. The normalized spacial score (nSPS) is 12.2. The molecule has 0 bridgehead atoms. The third-order valence-corrected chi connectivity index (χ3v) is 1.34. The first-order valence-electron chi connectivity index (χ1n) is 3.66. The van der Waals surface area contributed by atoms with Crippen molar-refractivity contribution in [2.24, 2.45) is 5.73 Å². The van der Waals surface area contributed by atoms with Gasteiger partial charge in [0.1, 0.15) is 0 Å². The van der Waals surface area contributed by atoms with E-state index in [4.69, 9.17) is 5.73 Å². The van der Waals surface area contributed by atoms with E-state index in [-0.39, 0.29) is 5.91 Å². The summed E-state index contributed by atoms with van der Waals surface area (Å²) in [4.78, 5) is 14.9. The van der Waals surface area contributed by atoms with Gasteiger partial charge < -0.3 is 11.1 Å². The van der Waals surface area contributed by atoms with E-state index in [1.165, 1.54) is 0 Å². The summed E-state index contributed by atoms with van der Waals surface area (Å²) in [5, 5.41) is 2.61. The number of hydrogen-bond acceptors (Lipinski definition) is 3. The molecular weight excluding hydrogens is 154 g/mol. The van der Waals surface area contributed by atoms with Crippen LogP contribution in [0, 0.1) is 0 Å². The fraction of sp³-hybridized carbons (Fsp3) is 0.250. The van der Waals surface area contributed by atoms with Crippen molar-refractivity contribution in [3.63, 3.8) is 0 Å². The number of aromatic nitrogens is 1. The van der Waals surface area contributed by atoms with Gasteiger partial charge in [0, 0.05) is 6.20 Å². The first-order valence-corrected chi connectivity index (χ1v) is 3.66. The summed E-state index contributed by atoms with van der Waals surface area (Å²) >= 11 is 0. The number of pyridine rings is 1. The maximum atomic E-state index is 11.0. The van der Waals surface area contributed by atoms with Crippen molar-refractivity contribution in [1.82, 2.24) is 4.98 Å². The molecule has 0 unspecified atom stereocenters. The largest absolute Gasteiger partial charge is 0.323 e. The number of amides is 1. The van der Waals surface area contributed by atoms with E-state index in [0.717, 1.165) is 0 Å². The SMILES string of the molecule is C[C@@H](N)C(=O)Nc1cccnc1. The third kappa shape index (κ3) is 2.32. The van der Waals surface area contributed by atoms with Crippen molar-refractivity contribution in [3.8, 4) is 0 Å². The maximum Gasteiger partial charge on any atom is 0.241 e. The molecule has 1 heterocycles. The van der Waals surface area contributed by atoms with Crippen molar-refractivity contribution < 1.29 is 4.79 Å². The van der Waals surface area contributed by atoms with Gasteiger partial charge in [-0.15, -0.1) is 0 Å². The van der Waals surface area contributed by atoms with Crippen molar-refractivity contribution in [2.75, 3.05) is 5.32 Å². The minimum atomic E-state index is -0.495. The predicted octanol–water partition coefficient (Wildman–Crippen LogP) is 0.367. The minimum absolute atomic E-state index is 0.206. The Balaban J connectivity index is 2.59. The fourth-order valence-corrected chi connectivity index (χ4v) is 0.693. The highest BCUT2D eigenvalue weighted by atomic mass is 16.2. The fourth-order valence-electron chi connectivity index (χ4n) is 0.693. The molecule has 1 rings (SSSR count). The molecule has 0 aliphatic carbocycles. The minimum Gasteiger partial charge on any atom is -0.323 e. The van der Waals surface area contributed by atoms with Crippen molar-refractivity contribution in [3.05, 3.63) is 24.5 Å². The lowest BCUT2D eigenvalue weighted by molar-refractivity contribution is -0.117. The zero-order valence-corrected chi connectivity index (χ0v) is 6.82. The molecule has 3 N–H and O–H groups in total. The van der Waals surface area contributed by atoms with Crippen molar-refractivity contribution in [2.45, 2.75) is 13.0 Å². The molecule has 12 heavy (non-hydrogen) atoms. The van der Waals surface area contributed by atoms with Crippen LogP contribution in [-0.4, -0.2) is 16.9 Å². The average Bonchev–Trinajstić information content (AvgIpc) is 2.06. The van der Waals surface area contributed by atoms with Crippen molar-refractivity contribution >= 4 is 11.6 Å². The van der Waals surface area contributed by atoms with Crippen LogP contribution in [0.15, 0.2) is 24.5 Å². The second-order valence-corrected chi connectivity index (χ2v) is 2.52. The topological polar surface area (TPSA) is 68.0 Å². The van der Waals surface area contributed by atoms with Crippen LogP contribution in [0.1, 0.15) is 6.92 Å². The predicted molar refractivity (Wildman–Crippen MR) is 46.5 cm³/mol. The Labute approximate surface area is 70.8 Å². The van der Waals surface area contributed by atoms with Gasteiger partial charge in [-0.05, 0) is 19.1 Å². The smallest absolute Gasteiger partial charge is 0.241 e. The molecule has 1 aromatic rings. The van der Waals surface area contributed by atoms with Gasteiger partial charge in [-0.3, -0.25) is 9.78 Å². The highest BCUT2D eigenvalue weighted by Gasteiger charge is 2.06. The van der Waals surface area contributed by atoms with Gasteiger partial charge in [0.25, 0.3) is 0 Å². The van der Waals surface area contributed by atoms with Gasteiger partial charge in [0.15, 0.2) is 0 Å². The highest BCUT2D eigenvalue weighted by molar-refractivity contribution is 5.94. The summed E-state index contributed by atoms with van der Waals surface area (Å²) in [7, 11) is 0. The molecule has 0 saturated heterocycles. The Bertz CT molecular complexity index is 258. The molecule has 0 spiro atoms. The first kappa shape index (κ1) is 8.67. The molecule has 1 amide bonds. The van der Waals surface area contributed by atoms with Gasteiger partial charge in [-0.1, -0.05) is 0 Å². The van der Waals surface area contributed by atoms with E-state index in [1.807, 2.05) is 0 Å². The van der Waals surface area contributed by atoms with Crippen molar-refractivity contribution in [1.29, 1.82) is 0 Å². The highest BCUT2D eigenvalue weighted by Crippen LogP contribution is 2.02. The first-order chi connectivity index (χ1) is 5.70. The van der Waals surface area contributed by atoms with E-state index < -0.39 is 6.04 Å². The molecular formula is C8H11N3O. The summed E-state index contributed by atoms with van der Waals surface area (Å²) in [6.07, 6.45) is 3.21. The van der Waals surface area contributed by atoms with Gasteiger partial charge in [-0.2, -0.15) is 0 Å². The van der Waals surface area contributed by atoms with Crippen LogP contribution in [0.4, 0.5) is 5.69 Å². The van der Waals surface area contributed by atoms with E-state index >= 15 is 0 Å². The van der Waals surface area contributed by atoms with Crippen LogP contribution in [0.5, 0.6) is 0 Å². The number of hydrogen-bond donors (Lipinski definition) is 2. The number of nitrogens with zero attached hydrogens (tertiary/aromatic N) is 1. The molecule has 0 aromatic carbocycles. The Hall–Kier alpha value is -1.42. The van der Waals surface area contributed by atoms with Crippen LogP contribution in [0.2, 0.25) is 0 Å². The number of rotatable bonds is 2. The lowest BCUT2D eigenvalue weighted by atomic mass is 10.3. The van der Waals surface area contributed by atoms with E-state index in [2.05, 4.69) is 10.3 Å². The lowest BCUT2D eigenvalue weighted by Gasteiger charge is -2.05. The molecule has 0 radical (unpaired) electrons. The van der Waals surface area contributed by atoms with Crippen LogP contribution >= 0.6 is 0 Å². The zero-order valence-electron chi connectivity index (χ0n) is 6.82. The van der Waals surface area contributed by atoms with Crippen LogP contribution in [0.3, 0.4) is 0 Å². The second-order valence-electron chi connectivity index (χ2n) is 2.52. The Morgan fingerprint density at radius 3 is 3.00 bits per heavy atom. The van der Waals surface area contributed by atoms with E-state index in [9.17, 15) is 4.79 Å². The summed E-state index contributed by atoms with van der Waals surface area (Å²) in [6, 6.07) is 3.01. The number of carbonyl (C=O) groups is 1. The zero-order chi connectivity index (χ0) is 8.97. The number of nitrogens with one attached hydrogen (secondary N) is 1. The van der Waals surface area contributed by atoms with Crippen LogP contribution in [0.25, 0.3) is 0 Å². The summed E-state index contributed by atoms with van der Waals surface area (Å²) < 4.78 is 0. The summed E-state index contributed by atoms with van der Waals surface area (Å²) in [5.74, 6) is -0.206. The standard InChI is InChI=1S/C8H11N3O/c1-6(9)8(12)11-7-3-2-4-10-5-7/h2-6H,9H2,1H3,(H,11,12)/t6-/m1/s1. The van der Waals surface area contributed by atoms with Crippen LogP contribution < -0.4 is 11.1 Å². The molecule has 0 aliphatic rings. The number of carbonyl (C=O) groups excluding carboxylic acids is 1. The Morgan fingerprint density at radius 1 is 1.75 bits per heavy atom. The van der Waals surface area contributed by atoms with Gasteiger partial charge in [0.05, 0.1) is 17.9 Å². The maximum absolute atomic E-state index is 11.0. The summed E-state index contributed by atoms with van der Waals surface area (Å²) in [6.45, 7) is 1.63. The molecule has 64 valence electrons. The van der Waals surface area contributed by atoms with Crippen LogP contribution in [-0.2, 0) is 4.79 Å². The second kappa shape index (κ2) is 3.82. The molecule has 0 saturated carbocycles. The van der Waals surface area contributed by atoms with Gasteiger partial charge >= 0.3 is 0 Å². The number of anilines is 1. The van der Waals surface area contributed by atoms with E-state index in [0.29, 0.717) is 5.69 Å². The summed E-state index contributed by atoms with van der Waals surface area (Å²) in [5.41, 5.74) is 6.02. The quantitative estimate of drug-likeness (QED) is 0.665. The molecule has 4 nitrogen and oxygen atoms in total. The Kier molecular flexibility index (Phi) is 2.76. The molecule has 4 heteroatoms. The number of nitrogens with two attached hydrogens (primary N) is 1. The van der Waals surface area contributed by atoms with Gasteiger partial charge in [0.2, 0.25) is 5.91 Å². The molecule has 1 atom stereocenters. The lowest BCUT2D eigenvalue weighted by Crippen LogP contribution is -2.32.